The van der Waals surface area contributed by atoms with Crippen molar-refractivity contribution in [3.63, 3.8) is 0 Å². The first-order chi connectivity index (χ1) is 17.4. The van der Waals surface area contributed by atoms with Gasteiger partial charge in [-0.1, -0.05) is 48.5 Å². The van der Waals surface area contributed by atoms with E-state index in [9.17, 15) is 19.1 Å². The number of aryl methyl sites for hydroxylation is 1. The molecule has 1 aliphatic heterocycles. The van der Waals surface area contributed by atoms with Gasteiger partial charge in [0, 0.05) is 31.4 Å². The molecule has 1 amide bonds. The zero-order valence-electron chi connectivity index (χ0n) is 20.2. The fourth-order valence-electron chi connectivity index (χ4n) is 4.36. The molecule has 0 bridgehead atoms. The van der Waals surface area contributed by atoms with Crippen molar-refractivity contribution in [3.05, 3.63) is 106 Å². The Balaban J connectivity index is 1.70. The molecule has 0 radical (unpaired) electrons. The predicted molar refractivity (Wildman–Crippen MR) is 134 cm³/mol. The van der Waals surface area contributed by atoms with Crippen LogP contribution in [0.3, 0.4) is 0 Å². The molecule has 1 aliphatic rings. The summed E-state index contributed by atoms with van der Waals surface area (Å²) in [5, 5.41) is 11.2. The van der Waals surface area contributed by atoms with Crippen LogP contribution < -0.4 is 4.74 Å². The molecule has 0 aliphatic carbocycles. The molecule has 1 saturated heterocycles. The molecule has 1 heterocycles. The number of hydrogen-bond donors (Lipinski definition) is 1. The molecule has 4 rings (SSSR count). The van der Waals surface area contributed by atoms with Crippen molar-refractivity contribution < 1.29 is 28.6 Å². The second-order valence-corrected chi connectivity index (χ2v) is 8.61. The van der Waals surface area contributed by atoms with Gasteiger partial charge >= 0.3 is 0 Å². The van der Waals surface area contributed by atoms with Gasteiger partial charge in [-0.25, -0.2) is 4.39 Å². The highest BCUT2D eigenvalue weighted by atomic mass is 19.1. The first-order valence-corrected chi connectivity index (χ1v) is 11.7. The van der Waals surface area contributed by atoms with Crippen LogP contribution in [-0.2, 0) is 20.9 Å². The van der Waals surface area contributed by atoms with Gasteiger partial charge in [0.2, 0.25) is 0 Å². The first kappa shape index (κ1) is 25.1. The van der Waals surface area contributed by atoms with E-state index >= 15 is 0 Å². The van der Waals surface area contributed by atoms with Gasteiger partial charge in [-0.05, 0) is 48.7 Å². The summed E-state index contributed by atoms with van der Waals surface area (Å²) in [6.07, 6.45) is 0.459. The van der Waals surface area contributed by atoms with Gasteiger partial charge < -0.3 is 19.5 Å². The van der Waals surface area contributed by atoms with Crippen LogP contribution in [0.25, 0.3) is 5.76 Å². The van der Waals surface area contributed by atoms with Crippen molar-refractivity contribution in [2.45, 2.75) is 26.0 Å². The van der Waals surface area contributed by atoms with Gasteiger partial charge in [0.15, 0.2) is 0 Å². The van der Waals surface area contributed by atoms with Crippen LogP contribution >= 0.6 is 0 Å². The van der Waals surface area contributed by atoms with Crippen molar-refractivity contribution in [1.82, 2.24) is 4.90 Å². The standard InChI is InChI=1S/C29H28FNO5/c1-19-17-21(13-14-24(19)36-18-20-9-4-3-5-10-20)27(32)25-26(22-11-6-7-12-23(22)30)31(15-8-16-35-2)29(34)28(25)33/h3-7,9-14,17,26,32H,8,15-16,18H2,1-2H3/b27-25+. The fraction of sp³-hybridized carbons (Fsp3) is 0.241. The molecule has 3 aromatic carbocycles. The van der Waals surface area contributed by atoms with Crippen LogP contribution in [-0.4, -0.2) is 42.0 Å². The summed E-state index contributed by atoms with van der Waals surface area (Å²) in [6, 6.07) is 19.7. The number of aliphatic hydroxyl groups excluding tert-OH is 1. The molecule has 3 aromatic rings. The summed E-state index contributed by atoms with van der Waals surface area (Å²) in [4.78, 5) is 27.3. The zero-order chi connectivity index (χ0) is 25.7. The number of aliphatic hydroxyl groups is 1. The van der Waals surface area contributed by atoms with Crippen LogP contribution in [0.2, 0.25) is 0 Å². The molecular formula is C29H28FNO5. The predicted octanol–water partition coefficient (Wildman–Crippen LogP) is 5.17. The molecule has 186 valence electrons. The van der Waals surface area contributed by atoms with E-state index in [0.717, 1.165) is 11.1 Å². The molecule has 0 aromatic heterocycles. The Bertz CT molecular complexity index is 1290. The molecule has 7 heteroatoms. The van der Waals surface area contributed by atoms with Gasteiger partial charge in [0.1, 0.15) is 23.9 Å². The molecule has 0 saturated carbocycles. The van der Waals surface area contributed by atoms with E-state index in [1.807, 2.05) is 37.3 Å². The Hall–Kier alpha value is -3.97. The number of Topliss-reactive ketones (excluding diaryl/α,β-unsaturated/α-hetero) is 1. The lowest BCUT2D eigenvalue weighted by molar-refractivity contribution is -0.140. The van der Waals surface area contributed by atoms with E-state index in [4.69, 9.17) is 9.47 Å². The summed E-state index contributed by atoms with van der Waals surface area (Å²) in [6.45, 7) is 2.76. The summed E-state index contributed by atoms with van der Waals surface area (Å²) in [5.74, 6) is -1.91. The fourth-order valence-corrected chi connectivity index (χ4v) is 4.36. The van der Waals surface area contributed by atoms with Crippen molar-refractivity contribution >= 4 is 17.4 Å². The summed E-state index contributed by atoms with van der Waals surface area (Å²) in [7, 11) is 1.54. The topological polar surface area (TPSA) is 76.1 Å². The number of ether oxygens (including phenoxy) is 2. The molecule has 1 fully saturated rings. The monoisotopic (exact) mass is 489 g/mol. The van der Waals surface area contributed by atoms with Crippen molar-refractivity contribution in [2.24, 2.45) is 0 Å². The van der Waals surface area contributed by atoms with Gasteiger partial charge in [-0.15, -0.1) is 0 Å². The normalized spacial score (nSPS) is 17.0. The maximum atomic E-state index is 14.8. The number of ketones is 1. The van der Waals surface area contributed by atoms with Crippen LogP contribution in [0.5, 0.6) is 5.75 Å². The third kappa shape index (κ3) is 5.16. The number of methoxy groups -OCH3 is 1. The maximum absolute atomic E-state index is 14.8. The smallest absolute Gasteiger partial charge is 0.295 e. The Kier molecular flexibility index (Phi) is 7.80. The number of benzene rings is 3. The van der Waals surface area contributed by atoms with Crippen LogP contribution in [0, 0.1) is 12.7 Å². The van der Waals surface area contributed by atoms with E-state index < -0.39 is 23.5 Å². The van der Waals surface area contributed by atoms with E-state index in [-0.39, 0.29) is 23.4 Å². The quantitative estimate of drug-likeness (QED) is 0.194. The van der Waals surface area contributed by atoms with Crippen LogP contribution in [0.1, 0.15) is 34.7 Å². The van der Waals surface area contributed by atoms with Gasteiger partial charge in [-0.2, -0.15) is 0 Å². The highest BCUT2D eigenvalue weighted by Gasteiger charge is 2.46. The van der Waals surface area contributed by atoms with Crippen molar-refractivity contribution in [1.29, 1.82) is 0 Å². The Morgan fingerprint density at radius 2 is 1.75 bits per heavy atom. The second kappa shape index (κ2) is 11.2. The lowest BCUT2D eigenvalue weighted by Crippen LogP contribution is -2.31. The largest absolute Gasteiger partial charge is 0.507 e. The van der Waals surface area contributed by atoms with Crippen LogP contribution in [0.15, 0.2) is 78.4 Å². The minimum Gasteiger partial charge on any atom is -0.507 e. The lowest BCUT2D eigenvalue weighted by atomic mass is 9.94. The molecular weight excluding hydrogens is 461 g/mol. The molecule has 1 N–H and O–H groups in total. The molecule has 6 nitrogen and oxygen atoms in total. The number of hydrogen-bond acceptors (Lipinski definition) is 5. The number of amides is 1. The Labute approximate surface area is 209 Å². The molecule has 36 heavy (non-hydrogen) atoms. The van der Waals surface area contributed by atoms with E-state index in [0.29, 0.717) is 30.9 Å². The third-order valence-corrected chi connectivity index (χ3v) is 6.17. The minimum atomic E-state index is -1.04. The van der Waals surface area contributed by atoms with Gasteiger partial charge in [-0.3, -0.25) is 9.59 Å². The van der Waals surface area contributed by atoms with E-state index in [2.05, 4.69) is 0 Å². The van der Waals surface area contributed by atoms with Crippen LogP contribution in [0.4, 0.5) is 4.39 Å². The number of carbonyl (C=O) groups excluding carboxylic acids is 2. The minimum absolute atomic E-state index is 0.139. The average molecular weight is 490 g/mol. The van der Waals surface area contributed by atoms with Gasteiger partial charge in [0.25, 0.3) is 11.7 Å². The van der Waals surface area contributed by atoms with Crippen molar-refractivity contribution in [3.8, 4) is 5.75 Å². The first-order valence-electron chi connectivity index (χ1n) is 11.7. The number of rotatable bonds is 9. The number of nitrogens with zero attached hydrogens (tertiary/aromatic N) is 1. The van der Waals surface area contributed by atoms with Crippen molar-refractivity contribution in [2.75, 3.05) is 20.3 Å². The number of carbonyl (C=O) groups is 2. The third-order valence-electron chi connectivity index (χ3n) is 6.17. The Morgan fingerprint density at radius 1 is 1.03 bits per heavy atom. The van der Waals surface area contributed by atoms with E-state index in [1.165, 1.54) is 30.2 Å². The highest BCUT2D eigenvalue weighted by molar-refractivity contribution is 6.46. The molecule has 1 unspecified atom stereocenters. The summed E-state index contributed by atoms with van der Waals surface area (Å²) in [5.41, 5.74) is 2.11. The lowest BCUT2D eigenvalue weighted by Gasteiger charge is -2.25. The molecule has 1 atom stereocenters. The van der Waals surface area contributed by atoms with Gasteiger partial charge in [0.05, 0.1) is 11.6 Å². The second-order valence-electron chi connectivity index (χ2n) is 8.61. The zero-order valence-corrected chi connectivity index (χ0v) is 20.2. The number of likely N-dealkylation sites (tertiary alicyclic amines) is 1. The summed E-state index contributed by atoms with van der Waals surface area (Å²) < 4.78 is 25.8. The highest BCUT2D eigenvalue weighted by Crippen LogP contribution is 2.40. The SMILES string of the molecule is COCCCN1C(=O)C(=O)/C(=C(/O)c2ccc(OCc3ccccc3)c(C)c2)C1c1ccccc1F. The summed E-state index contributed by atoms with van der Waals surface area (Å²) >= 11 is 0. The average Bonchev–Trinajstić information content (AvgIpc) is 3.13. The Morgan fingerprint density at radius 3 is 2.44 bits per heavy atom. The van der Waals surface area contributed by atoms with E-state index in [1.54, 1.807) is 24.3 Å². The molecule has 0 spiro atoms. The maximum Gasteiger partial charge on any atom is 0.295 e. The number of halogens is 1.